The van der Waals surface area contributed by atoms with E-state index in [-0.39, 0.29) is 5.56 Å². The highest BCUT2D eigenvalue weighted by molar-refractivity contribution is 7.84. The molecule has 94 valence electrons. The number of benzene rings is 1. The minimum Gasteiger partial charge on any atom is -0.478 e. The van der Waals surface area contributed by atoms with Crippen molar-refractivity contribution in [3.05, 3.63) is 45.9 Å². The number of carboxylic acids is 1. The monoisotopic (exact) mass is 281 g/mol. The molecule has 0 saturated carbocycles. The lowest BCUT2D eigenvalue weighted by Crippen LogP contribution is -2.01. The molecule has 6 heteroatoms. The lowest BCUT2D eigenvalue weighted by Gasteiger charge is -2.01. The Hall–Kier alpha value is -1.53. The van der Waals surface area contributed by atoms with E-state index in [0.717, 1.165) is 10.7 Å². The molecule has 0 spiro atoms. The van der Waals surface area contributed by atoms with E-state index in [0.29, 0.717) is 10.6 Å². The number of thiazole rings is 1. The summed E-state index contributed by atoms with van der Waals surface area (Å²) in [7, 11) is -1.27. The molecule has 1 aromatic carbocycles. The summed E-state index contributed by atoms with van der Waals surface area (Å²) >= 11 is 1.51. The number of aromatic carboxylic acids is 1. The second-order valence-electron chi connectivity index (χ2n) is 3.68. The van der Waals surface area contributed by atoms with Gasteiger partial charge in [-0.1, -0.05) is 6.07 Å². The zero-order valence-electron chi connectivity index (χ0n) is 9.62. The minimum absolute atomic E-state index is 0.148. The summed E-state index contributed by atoms with van der Waals surface area (Å²) in [5.41, 5.74) is 0.923. The molecule has 1 aromatic heterocycles. The molecule has 4 nitrogen and oxygen atoms in total. The number of rotatable bonds is 4. The highest BCUT2D eigenvalue weighted by atomic mass is 32.2. The molecule has 0 aliphatic carbocycles. The fourth-order valence-electron chi connectivity index (χ4n) is 1.46. The number of hydrogen-bond acceptors (Lipinski definition) is 4. The Morgan fingerprint density at radius 1 is 1.50 bits per heavy atom. The molecule has 1 heterocycles. The van der Waals surface area contributed by atoms with Crippen molar-refractivity contribution in [3.8, 4) is 0 Å². The van der Waals surface area contributed by atoms with Gasteiger partial charge in [0.25, 0.3) is 0 Å². The van der Waals surface area contributed by atoms with Crippen LogP contribution < -0.4 is 0 Å². The highest BCUT2D eigenvalue weighted by Gasteiger charge is 2.10. The van der Waals surface area contributed by atoms with Gasteiger partial charge in [0.15, 0.2) is 0 Å². The van der Waals surface area contributed by atoms with Crippen LogP contribution in [0.1, 0.15) is 21.1 Å². The van der Waals surface area contributed by atoms with Crippen molar-refractivity contribution in [2.75, 3.05) is 0 Å². The fraction of sp³-hybridized carbons (Fsp3) is 0.167. The van der Waals surface area contributed by atoms with Crippen LogP contribution >= 0.6 is 11.3 Å². The lowest BCUT2D eigenvalue weighted by molar-refractivity contribution is 0.0696. The Morgan fingerprint density at radius 2 is 2.28 bits per heavy atom. The standard InChI is InChI=1S/C12H11NO3S2/c1-8-13-10(6-17-8)7-18(16)11-4-2-3-9(5-11)12(14)15/h2-6H,7H2,1H3,(H,14,15). The van der Waals surface area contributed by atoms with Crippen LogP contribution in [0.3, 0.4) is 0 Å². The van der Waals surface area contributed by atoms with Gasteiger partial charge in [0.2, 0.25) is 0 Å². The van der Waals surface area contributed by atoms with E-state index < -0.39 is 16.8 Å². The molecule has 18 heavy (non-hydrogen) atoms. The summed E-state index contributed by atoms with van der Waals surface area (Å²) in [4.78, 5) is 15.6. The Labute approximate surface area is 111 Å². The first-order chi connectivity index (χ1) is 8.56. The molecule has 1 atom stereocenters. The van der Waals surface area contributed by atoms with Gasteiger partial charge in [-0.3, -0.25) is 4.21 Å². The highest BCUT2D eigenvalue weighted by Crippen LogP contribution is 2.16. The van der Waals surface area contributed by atoms with Crippen molar-refractivity contribution in [1.82, 2.24) is 4.98 Å². The van der Waals surface area contributed by atoms with Crippen LogP contribution in [0.4, 0.5) is 0 Å². The molecule has 0 amide bonds. The molecular weight excluding hydrogens is 270 g/mol. The van der Waals surface area contributed by atoms with Crippen LogP contribution in [-0.2, 0) is 16.6 Å². The summed E-state index contributed by atoms with van der Waals surface area (Å²) in [5, 5.41) is 11.7. The van der Waals surface area contributed by atoms with Crippen LogP contribution in [-0.4, -0.2) is 20.3 Å². The molecule has 1 N–H and O–H groups in total. The van der Waals surface area contributed by atoms with E-state index in [2.05, 4.69) is 4.98 Å². The molecule has 0 aliphatic rings. The average molecular weight is 281 g/mol. The van der Waals surface area contributed by atoms with Crippen molar-refractivity contribution in [2.24, 2.45) is 0 Å². The second kappa shape index (κ2) is 5.41. The van der Waals surface area contributed by atoms with Gasteiger partial charge in [0.05, 0.1) is 32.8 Å². The lowest BCUT2D eigenvalue weighted by atomic mass is 10.2. The van der Waals surface area contributed by atoms with E-state index in [1.54, 1.807) is 12.1 Å². The van der Waals surface area contributed by atoms with E-state index in [9.17, 15) is 9.00 Å². The first kappa shape index (κ1) is 12.9. The van der Waals surface area contributed by atoms with Gasteiger partial charge in [0.1, 0.15) is 0 Å². The number of carbonyl (C=O) groups is 1. The van der Waals surface area contributed by atoms with Crippen molar-refractivity contribution >= 4 is 28.1 Å². The Morgan fingerprint density at radius 3 is 2.89 bits per heavy atom. The molecule has 0 radical (unpaired) electrons. The predicted molar refractivity (Wildman–Crippen MR) is 70.4 cm³/mol. The van der Waals surface area contributed by atoms with Crippen LogP contribution in [0.2, 0.25) is 0 Å². The maximum atomic E-state index is 12.1. The molecular formula is C12H11NO3S2. The van der Waals surface area contributed by atoms with Crippen molar-refractivity contribution < 1.29 is 14.1 Å². The quantitative estimate of drug-likeness (QED) is 0.934. The predicted octanol–water partition coefficient (Wildman–Crippen LogP) is 2.46. The van der Waals surface area contributed by atoms with Crippen LogP contribution in [0.25, 0.3) is 0 Å². The molecule has 2 aromatic rings. The molecule has 0 aliphatic heterocycles. The Balaban J connectivity index is 2.18. The minimum atomic E-state index is -1.27. The molecule has 2 rings (SSSR count). The smallest absolute Gasteiger partial charge is 0.335 e. The fourth-order valence-corrected chi connectivity index (χ4v) is 3.25. The number of carboxylic acid groups (broad SMARTS) is 1. The normalized spacial score (nSPS) is 12.3. The number of hydrogen-bond donors (Lipinski definition) is 1. The third-order valence-electron chi connectivity index (χ3n) is 2.29. The molecule has 0 fully saturated rings. The van der Waals surface area contributed by atoms with Gasteiger partial charge >= 0.3 is 5.97 Å². The third-order valence-corrected chi connectivity index (χ3v) is 4.45. The van der Waals surface area contributed by atoms with Crippen molar-refractivity contribution in [3.63, 3.8) is 0 Å². The summed E-state index contributed by atoms with van der Waals surface area (Å²) in [6.07, 6.45) is 0. The van der Waals surface area contributed by atoms with Gasteiger partial charge in [-0.15, -0.1) is 11.3 Å². The van der Waals surface area contributed by atoms with Crippen LogP contribution in [0.15, 0.2) is 34.5 Å². The van der Waals surface area contributed by atoms with E-state index in [1.807, 2.05) is 12.3 Å². The van der Waals surface area contributed by atoms with Gasteiger partial charge in [-0.2, -0.15) is 0 Å². The summed E-state index contributed by atoms with van der Waals surface area (Å²) in [6, 6.07) is 6.19. The maximum Gasteiger partial charge on any atom is 0.335 e. The van der Waals surface area contributed by atoms with Crippen LogP contribution in [0, 0.1) is 6.92 Å². The first-order valence-corrected chi connectivity index (χ1v) is 7.39. The van der Waals surface area contributed by atoms with Gasteiger partial charge in [-0.05, 0) is 25.1 Å². The number of nitrogens with zero attached hydrogens (tertiary/aromatic N) is 1. The number of aryl methyl sites for hydroxylation is 1. The third kappa shape index (κ3) is 3.02. The summed E-state index contributed by atoms with van der Waals surface area (Å²) in [5.74, 6) is -0.703. The van der Waals surface area contributed by atoms with Gasteiger partial charge in [0, 0.05) is 10.3 Å². The SMILES string of the molecule is Cc1nc(CS(=O)c2cccc(C(=O)O)c2)cs1. The van der Waals surface area contributed by atoms with E-state index in [4.69, 9.17) is 5.11 Å². The maximum absolute atomic E-state index is 12.1. The average Bonchev–Trinajstić information content (AvgIpc) is 2.75. The van der Waals surface area contributed by atoms with E-state index >= 15 is 0 Å². The Kier molecular flexibility index (Phi) is 3.88. The van der Waals surface area contributed by atoms with Crippen molar-refractivity contribution in [2.45, 2.75) is 17.6 Å². The molecule has 1 unspecified atom stereocenters. The summed E-state index contributed by atoms with van der Waals surface area (Å²) < 4.78 is 12.1. The van der Waals surface area contributed by atoms with E-state index in [1.165, 1.54) is 23.5 Å². The Bertz CT molecular complexity index is 607. The van der Waals surface area contributed by atoms with Gasteiger partial charge in [-0.25, -0.2) is 9.78 Å². The van der Waals surface area contributed by atoms with Crippen LogP contribution in [0.5, 0.6) is 0 Å². The largest absolute Gasteiger partial charge is 0.478 e. The zero-order chi connectivity index (χ0) is 13.1. The number of aromatic nitrogens is 1. The second-order valence-corrected chi connectivity index (χ2v) is 6.19. The molecule has 0 bridgehead atoms. The topological polar surface area (TPSA) is 67.3 Å². The zero-order valence-corrected chi connectivity index (χ0v) is 11.3. The molecule has 0 saturated heterocycles. The van der Waals surface area contributed by atoms with Gasteiger partial charge < -0.3 is 5.11 Å². The first-order valence-electron chi connectivity index (χ1n) is 5.19. The van der Waals surface area contributed by atoms with Crippen molar-refractivity contribution in [1.29, 1.82) is 0 Å². The summed E-state index contributed by atoms with van der Waals surface area (Å²) in [6.45, 7) is 1.89.